The number of benzene rings is 1. The number of aromatic nitrogens is 3. The van der Waals surface area contributed by atoms with Gasteiger partial charge in [0.1, 0.15) is 0 Å². The first-order valence-corrected chi connectivity index (χ1v) is 8.24. The number of halogens is 1. The first kappa shape index (κ1) is 14.4. The van der Waals surface area contributed by atoms with E-state index in [0.29, 0.717) is 27.6 Å². The van der Waals surface area contributed by atoms with E-state index in [1.165, 1.54) is 11.3 Å². The van der Waals surface area contributed by atoms with E-state index in [9.17, 15) is 0 Å². The quantitative estimate of drug-likeness (QED) is 0.723. The summed E-state index contributed by atoms with van der Waals surface area (Å²) in [4.78, 5) is 8.55. The van der Waals surface area contributed by atoms with Crippen molar-refractivity contribution in [2.24, 2.45) is 0 Å². The molecule has 0 aliphatic rings. The number of hydrogen-bond donors (Lipinski definition) is 1. The van der Waals surface area contributed by atoms with Gasteiger partial charge in [0.2, 0.25) is 11.7 Å². The molecule has 0 unspecified atom stereocenters. The molecule has 3 aromatic rings. The number of hydrogen-bond acceptors (Lipinski definition) is 7. The summed E-state index contributed by atoms with van der Waals surface area (Å²) in [7, 11) is 0. The highest BCUT2D eigenvalue weighted by Gasteiger charge is 2.12. The van der Waals surface area contributed by atoms with Gasteiger partial charge < -0.3 is 10.3 Å². The maximum atomic E-state index is 5.95. The number of thiazole rings is 1. The standard InChI is InChI=1S/C13H11ClN4OS2/c1-7-12(21-13(15)16-7)20-6-10-17-11(18-19-10)8-3-2-4-9(14)5-8/h2-5H,6H2,1H3,(H2,15,16). The maximum absolute atomic E-state index is 5.95. The fourth-order valence-corrected chi connectivity index (χ4v) is 3.77. The van der Waals surface area contributed by atoms with Gasteiger partial charge in [-0.3, -0.25) is 0 Å². The van der Waals surface area contributed by atoms with Gasteiger partial charge in [0, 0.05) is 10.6 Å². The fraction of sp³-hybridized carbons (Fsp3) is 0.154. The molecule has 3 rings (SSSR count). The van der Waals surface area contributed by atoms with Gasteiger partial charge in [0.15, 0.2) is 5.13 Å². The van der Waals surface area contributed by atoms with Crippen LogP contribution in [0.4, 0.5) is 5.13 Å². The van der Waals surface area contributed by atoms with Gasteiger partial charge in [0.25, 0.3) is 0 Å². The average Bonchev–Trinajstić information content (AvgIpc) is 3.03. The van der Waals surface area contributed by atoms with Gasteiger partial charge in [-0.05, 0) is 19.1 Å². The Morgan fingerprint density at radius 3 is 2.95 bits per heavy atom. The number of rotatable bonds is 4. The second kappa shape index (κ2) is 6.05. The molecule has 0 spiro atoms. The third kappa shape index (κ3) is 3.37. The number of nitrogens with two attached hydrogens (primary N) is 1. The molecule has 0 saturated carbocycles. The lowest BCUT2D eigenvalue weighted by molar-refractivity contribution is 0.391. The molecule has 0 aliphatic heterocycles. The number of aryl methyl sites for hydroxylation is 1. The van der Waals surface area contributed by atoms with Gasteiger partial charge in [-0.15, -0.1) is 11.8 Å². The highest BCUT2D eigenvalue weighted by atomic mass is 35.5. The molecule has 108 valence electrons. The lowest BCUT2D eigenvalue weighted by Gasteiger charge is -1.94. The van der Waals surface area contributed by atoms with Crippen LogP contribution in [0.3, 0.4) is 0 Å². The molecule has 0 bridgehead atoms. The number of nitrogen functional groups attached to an aromatic ring is 1. The van der Waals surface area contributed by atoms with Crippen molar-refractivity contribution in [2.45, 2.75) is 16.9 Å². The Balaban J connectivity index is 1.72. The minimum absolute atomic E-state index is 0.536. The van der Waals surface area contributed by atoms with Crippen molar-refractivity contribution in [3.05, 3.63) is 40.9 Å². The molecular weight excluding hydrogens is 328 g/mol. The normalized spacial score (nSPS) is 11.0. The Hall–Kier alpha value is -1.57. The van der Waals surface area contributed by atoms with Gasteiger partial charge in [-0.25, -0.2) is 4.98 Å². The molecule has 0 amide bonds. The van der Waals surface area contributed by atoms with Gasteiger partial charge in [-0.2, -0.15) is 4.98 Å². The Bertz CT molecular complexity index is 771. The molecule has 8 heteroatoms. The lowest BCUT2D eigenvalue weighted by Crippen LogP contribution is -1.83. The van der Waals surface area contributed by atoms with E-state index in [1.807, 2.05) is 19.1 Å². The Morgan fingerprint density at radius 2 is 2.24 bits per heavy atom. The van der Waals surface area contributed by atoms with Crippen molar-refractivity contribution in [3.63, 3.8) is 0 Å². The summed E-state index contributed by atoms with van der Waals surface area (Å²) < 4.78 is 6.32. The van der Waals surface area contributed by atoms with Crippen LogP contribution in [0.5, 0.6) is 0 Å². The van der Waals surface area contributed by atoms with Crippen LogP contribution in [0.2, 0.25) is 5.02 Å². The van der Waals surface area contributed by atoms with Crippen LogP contribution in [0, 0.1) is 6.92 Å². The van der Waals surface area contributed by atoms with E-state index >= 15 is 0 Å². The minimum Gasteiger partial charge on any atom is -0.375 e. The molecule has 21 heavy (non-hydrogen) atoms. The highest BCUT2D eigenvalue weighted by Crippen LogP contribution is 2.32. The topological polar surface area (TPSA) is 77.8 Å². The van der Waals surface area contributed by atoms with Crippen molar-refractivity contribution in [2.75, 3.05) is 5.73 Å². The van der Waals surface area contributed by atoms with Crippen LogP contribution in [-0.4, -0.2) is 15.1 Å². The zero-order valence-corrected chi connectivity index (χ0v) is 13.4. The lowest BCUT2D eigenvalue weighted by atomic mass is 10.2. The summed E-state index contributed by atoms with van der Waals surface area (Å²) in [5.74, 6) is 1.67. The fourth-order valence-electron chi connectivity index (χ4n) is 1.72. The van der Waals surface area contributed by atoms with Crippen molar-refractivity contribution in [1.29, 1.82) is 0 Å². The van der Waals surface area contributed by atoms with E-state index in [2.05, 4.69) is 15.1 Å². The molecule has 1 aromatic carbocycles. The first-order chi connectivity index (χ1) is 10.1. The van der Waals surface area contributed by atoms with Crippen LogP contribution >= 0.6 is 34.7 Å². The molecule has 0 aliphatic carbocycles. The van der Waals surface area contributed by atoms with Gasteiger partial charge in [-0.1, -0.05) is 40.2 Å². The zero-order chi connectivity index (χ0) is 14.8. The minimum atomic E-state index is 0.536. The number of anilines is 1. The second-order valence-electron chi connectivity index (χ2n) is 4.24. The van der Waals surface area contributed by atoms with Crippen LogP contribution in [0.1, 0.15) is 11.6 Å². The maximum Gasteiger partial charge on any atom is 0.237 e. The molecule has 5 nitrogen and oxygen atoms in total. The molecule has 0 saturated heterocycles. The number of thioether (sulfide) groups is 1. The summed E-state index contributed by atoms with van der Waals surface area (Å²) in [6.45, 7) is 1.93. The predicted molar refractivity (Wildman–Crippen MR) is 85.6 cm³/mol. The van der Waals surface area contributed by atoms with Crippen LogP contribution in [0.25, 0.3) is 11.4 Å². The van der Waals surface area contributed by atoms with Gasteiger partial charge in [0.05, 0.1) is 15.7 Å². The molecule has 2 N–H and O–H groups in total. The predicted octanol–water partition coefficient (Wildman–Crippen LogP) is 4.03. The van der Waals surface area contributed by atoms with Gasteiger partial charge >= 0.3 is 0 Å². The Morgan fingerprint density at radius 1 is 1.38 bits per heavy atom. The summed E-state index contributed by atoms with van der Waals surface area (Å²) in [6.07, 6.45) is 0. The molecule has 2 aromatic heterocycles. The van der Waals surface area contributed by atoms with Crippen molar-refractivity contribution >= 4 is 39.8 Å². The highest BCUT2D eigenvalue weighted by molar-refractivity contribution is 8.00. The molecule has 0 radical (unpaired) electrons. The van der Waals surface area contributed by atoms with E-state index in [4.69, 9.17) is 21.9 Å². The smallest absolute Gasteiger partial charge is 0.237 e. The largest absolute Gasteiger partial charge is 0.375 e. The molecule has 0 fully saturated rings. The summed E-state index contributed by atoms with van der Waals surface area (Å²) in [5, 5.41) is 5.18. The average molecular weight is 339 g/mol. The summed E-state index contributed by atoms with van der Waals surface area (Å²) in [5.41, 5.74) is 7.43. The monoisotopic (exact) mass is 338 g/mol. The molecule has 2 heterocycles. The van der Waals surface area contributed by atoms with Crippen LogP contribution in [-0.2, 0) is 5.75 Å². The first-order valence-electron chi connectivity index (χ1n) is 6.06. The third-order valence-electron chi connectivity index (χ3n) is 2.65. The molecular formula is C13H11ClN4OS2. The van der Waals surface area contributed by atoms with E-state index < -0.39 is 0 Å². The SMILES string of the molecule is Cc1nc(N)sc1SCc1nc(-c2cccc(Cl)c2)no1. The molecule has 0 atom stereocenters. The summed E-state index contributed by atoms with van der Waals surface area (Å²) in [6, 6.07) is 7.35. The van der Waals surface area contributed by atoms with E-state index in [-0.39, 0.29) is 0 Å². The van der Waals surface area contributed by atoms with Crippen LogP contribution < -0.4 is 5.73 Å². The Kier molecular flexibility index (Phi) is 4.14. The van der Waals surface area contributed by atoms with E-state index in [1.54, 1.807) is 23.9 Å². The van der Waals surface area contributed by atoms with E-state index in [0.717, 1.165) is 15.5 Å². The van der Waals surface area contributed by atoms with Crippen molar-refractivity contribution in [3.8, 4) is 11.4 Å². The number of nitrogens with zero attached hydrogens (tertiary/aromatic N) is 3. The van der Waals surface area contributed by atoms with Crippen molar-refractivity contribution < 1.29 is 4.52 Å². The zero-order valence-electron chi connectivity index (χ0n) is 11.0. The Labute approximate surface area is 134 Å². The second-order valence-corrected chi connectivity index (χ2v) is 6.95. The summed E-state index contributed by atoms with van der Waals surface area (Å²) >= 11 is 9.00. The van der Waals surface area contributed by atoms with Crippen LogP contribution in [0.15, 0.2) is 33.0 Å². The third-order valence-corrected chi connectivity index (χ3v) is 5.22. The van der Waals surface area contributed by atoms with Crippen molar-refractivity contribution in [1.82, 2.24) is 15.1 Å².